The number of rotatable bonds is 2. The van der Waals surface area contributed by atoms with E-state index in [4.69, 9.17) is 5.73 Å². The zero-order valence-corrected chi connectivity index (χ0v) is 11.0. The Morgan fingerprint density at radius 2 is 2.16 bits per heavy atom. The van der Waals surface area contributed by atoms with Crippen LogP contribution in [-0.2, 0) is 13.0 Å². The van der Waals surface area contributed by atoms with Crippen LogP contribution in [0, 0.1) is 0 Å². The Balaban J connectivity index is 2.00. The number of benzene rings is 1. The highest BCUT2D eigenvalue weighted by Gasteiger charge is 2.28. The summed E-state index contributed by atoms with van der Waals surface area (Å²) in [5.41, 5.74) is 9.46. The van der Waals surface area contributed by atoms with Crippen LogP contribution >= 0.6 is 0 Å². The molecule has 19 heavy (non-hydrogen) atoms. The molecule has 1 aliphatic rings. The second-order valence-corrected chi connectivity index (χ2v) is 4.74. The lowest BCUT2D eigenvalue weighted by molar-refractivity contribution is 0.0980. The van der Waals surface area contributed by atoms with Gasteiger partial charge in [-0.1, -0.05) is 12.1 Å². The van der Waals surface area contributed by atoms with Crippen LogP contribution in [0.5, 0.6) is 0 Å². The van der Waals surface area contributed by atoms with Gasteiger partial charge in [-0.15, -0.1) is 0 Å². The standard InChI is InChI=1S/C15H17N3O/c1-2-17-9-4-7-13(17)15(19)18-10-8-11-5-3-6-12(16)14(11)18/h3-7,9H,2,8,10,16H2,1H3. The summed E-state index contributed by atoms with van der Waals surface area (Å²) in [6.07, 6.45) is 2.80. The third-order valence-corrected chi connectivity index (χ3v) is 3.66. The molecule has 2 aromatic rings. The van der Waals surface area contributed by atoms with E-state index in [1.165, 1.54) is 0 Å². The number of anilines is 2. The van der Waals surface area contributed by atoms with E-state index in [-0.39, 0.29) is 5.91 Å². The van der Waals surface area contributed by atoms with Gasteiger partial charge in [-0.3, -0.25) is 4.79 Å². The van der Waals surface area contributed by atoms with Crippen molar-refractivity contribution in [3.05, 3.63) is 47.8 Å². The summed E-state index contributed by atoms with van der Waals surface area (Å²) < 4.78 is 1.96. The summed E-state index contributed by atoms with van der Waals surface area (Å²) in [4.78, 5) is 14.5. The van der Waals surface area contributed by atoms with Crippen molar-refractivity contribution >= 4 is 17.3 Å². The van der Waals surface area contributed by atoms with Crippen molar-refractivity contribution in [2.45, 2.75) is 19.9 Å². The van der Waals surface area contributed by atoms with Crippen molar-refractivity contribution in [2.24, 2.45) is 0 Å². The maximum atomic E-state index is 12.7. The summed E-state index contributed by atoms with van der Waals surface area (Å²) in [7, 11) is 0. The largest absolute Gasteiger partial charge is 0.397 e. The van der Waals surface area contributed by atoms with E-state index < -0.39 is 0 Å². The van der Waals surface area contributed by atoms with E-state index in [1.54, 1.807) is 4.90 Å². The van der Waals surface area contributed by atoms with Crippen molar-refractivity contribution in [3.8, 4) is 0 Å². The molecule has 1 aromatic heterocycles. The monoisotopic (exact) mass is 255 g/mol. The van der Waals surface area contributed by atoms with Gasteiger partial charge < -0.3 is 15.2 Å². The molecule has 0 unspecified atom stereocenters. The van der Waals surface area contributed by atoms with E-state index in [9.17, 15) is 4.79 Å². The van der Waals surface area contributed by atoms with Gasteiger partial charge in [0.2, 0.25) is 0 Å². The normalized spacial score (nSPS) is 13.6. The Morgan fingerprint density at radius 1 is 1.32 bits per heavy atom. The summed E-state index contributed by atoms with van der Waals surface area (Å²) in [5.74, 6) is 0.0310. The highest BCUT2D eigenvalue weighted by Crippen LogP contribution is 2.34. The van der Waals surface area contributed by atoms with Gasteiger partial charge in [0.25, 0.3) is 5.91 Å². The minimum absolute atomic E-state index is 0.0310. The minimum atomic E-state index is 0.0310. The summed E-state index contributed by atoms with van der Waals surface area (Å²) in [6.45, 7) is 3.53. The second-order valence-electron chi connectivity index (χ2n) is 4.74. The van der Waals surface area contributed by atoms with Gasteiger partial charge in [0, 0.05) is 19.3 Å². The molecule has 4 nitrogen and oxygen atoms in total. The Hall–Kier alpha value is -2.23. The van der Waals surface area contributed by atoms with Crippen LogP contribution in [0.3, 0.4) is 0 Å². The molecule has 2 heterocycles. The lowest BCUT2D eigenvalue weighted by Crippen LogP contribution is -2.31. The van der Waals surface area contributed by atoms with E-state index in [2.05, 4.69) is 0 Å². The van der Waals surface area contributed by atoms with E-state index in [0.717, 1.165) is 29.9 Å². The minimum Gasteiger partial charge on any atom is -0.397 e. The molecule has 0 saturated heterocycles. The summed E-state index contributed by atoms with van der Waals surface area (Å²) >= 11 is 0. The average molecular weight is 255 g/mol. The van der Waals surface area contributed by atoms with Crippen molar-refractivity contribution < 1.29 is 4.79 Å². The number of fused-ring (bicyclic) bond motifs is 1. The first kappa shape index (κ1) is 11.8. The SMILES string of the molecule is CCn1cccc1C(=O)N1CCc2cccc(N)c21. The van der Waals surface area contributed by atoms with Gasteiger partial charge in [0.15, 0.2) is 0 Å². The Kier molecular flexibility index (Phi) is 2.78. The van der Waals surface area contributed by atoms with Crippen LogP contribution in [-0.4, -0.2) is 17.0 Å². The second kappa shape index (κ2) is 4.46. The van der Waals surface area contributed by atoms with Crippen LogP contribution in [0.1, 0.15) is 23.0 Å². The number of amides is 1. The van der Waals surface area contributed by atoms with E-state index in [1.807, 2.05) is 48.0 Å². The highest BCUT2D eigenvalue weighted by atomic mass is 16.2. The van der Waals surface area contributed by atoms with Crippen molar-refractivity contribution in [1.29, 1.82) is 0 Å². The molecular weight excluding hydrogens is 238 g/mol. The average Bonchev–Trinajstić information content (AvgIpc) is 3.05. The Morgan fingerprint density at radius 3 is 2.95 bits per heavy atom. The molecule has 0 aliphatic carbocycles. The summed E-state index contributed by atoms with van der Waals surface area (Å²) in [5, 5.41) is 0. The quantitative estimate of drug-likeness (QED) is 0.837. The smallest absolute Gasteiger partial charge is 0.274 e. The van der Waals surface area contributed by atoms with Crippen LogP contribution in [0.25, 0.3) is 0 Å². The number of nitrogen functional groups attached to an aromatic ring is 1. The van der Waals surface area contributed by atoms with E-state index >= 15 is 0 Å². The lowest BCUT2D eigenvalue weighted by atomic mass is 10.1. The van der Waals surface area contributed by atoms with Gasteiger partial charge in [-0.2, -0.15) is 0 Å². The number of carbonyl (C=O) groups is 1. The maximum absolute atomic E-state index is 12.7. The van der Waals surface area contributed by atoms with Crippen LogP contribution in [0.4, 0.5) is 11.4 Å². The van der Waals surface area contributed by atoms with Crippen LogP contribution in [0.2, 0.25) is 0 Å². The highest BCUT2D eigenvalue weighted by molar-refractivity contribution is 6.08. The molecule has 0 spiro atoms. The van der Waals surface area contributed by atoms with Gasteiger partial charge >= 0.3 is 0 Å². The number of aryl methyl sites for hydroxylation is 1. The number of aromatic nitrogens is 1. The third-order valence-electron chi connectivity index (χ3n) is 3.66. The molecule has 2 N–H and O–H groups in total. The fraction of sp³-hybridized carbons (Fsp3) is 0.267. The molecule has 1 aliphatic heterocycles. The number of hydrogen-bond donors (Lipinski definition) is 1. The lowest BCUT2D eigenvalue weighted by Gasteiger charge is -2.19. The fourth-order valence-corrected chi connectivity index (χ4v) is 2.71. The number of nitrogens with two attached hydrogens (primary N) is 1. The van der Waals surface area contributed by atoms with Crippen molar-refractivity contribution in [1.82, 2.24) is 4.57 Å². The number of carbonyl (C=O) groups excluding carboxylic acids is 1. The molecule has 0 bridgehead atoms. The first-order valence-corrected chi connectivity index (χ1v) is 6.56. The zero-order valence-electron chi connectivity index (χ0n) is 11.0. The van der Waals surface area contributed by atoms with Gasteiger partial charge in [-0.25, -0.2) is 0 Å². The molecule has 0 atom stereocenters. The molecule has 1 aromatic carbocycles. The molecule has 4 heteroatoms. The molecule has 0 fully saturated rings. The molecule has 1 amide bonds. The first-order chi connectivity index (χ1) is 9.22. The topological polar surface area (TPSA) is 51.3 Å². The first-order valence-electron chi connectivity index (χ1n) is 6.56. The van der Waals surface area contributed by atoms with Gasteiger partial charge in [0.05, 0.1) is 11.4 Å². The molecule has 0 radical (unpaired) electrons. The fourth-order valence-electron chi connectivity index (χ4n) is 2.71. The van der Waals surface area contributed by atoms with Gasteiger partial charge in [0.1, 0.15) is 5.69 Å². The predicted molar refractivity (Wildman–Crippen MR) is 76.3 cm³/mol. The number of hydrogen-bond acceptors (Lipinski definition) is 2. The molecule has 0 saturated carbocycles. The zero-order chi connectivity index (χ0) is 13.4. The van der Waals surface area contributed by atoms with Crippen molar-refractivity contribution in [2.75, 3.05) is 17.2 Å². The number of para-hydroxylation sites is 1. The Labute approximate surface area is 112 Å². The molecular formula is C15H17N3O. The molecule has 3 rings (SSSR count). The molecule has 98 valence electrons. The van der Waals surface area contributed by atoms with Crippen LogP contribution in [0.15, 0.2) is 36.5 Å². The maximum Gasteiger partial charge on any atom is 0.274 e. The van der Waals surface area contributed by atoms with E-state index in [0.29, 0.717) is 12.2 Å². The number of nitrogens with zero attached hydrogens (tertiary/aromatic N) is 2. The van der Waals surface area contributed by atoms with Crippen LogP contribution < -0.4 is 10.6 Å². The third kappa shape index (κ3) is 1.80. The summed E-state index contributed by atoms with van der Waals surface area (Å²) in [6, 6.07) is 9.60. The van der Waals surface area contributed by atoms with Crippen molar-refractivity contribution in [3.63, 3.8) is 0 Å². The van der Waals surface area contributed by atoms with Gasteiger partial charge in [-0.05, 0) is 37.1 Å². The Bertz CT molecular complexity index is 630. The predicted octanol–water partition coefficient (Wildman–Crippen LogP) is 2.29.